The van der Waals surface area contributed by atoms with E-state index in [0.29, 0.717) is 13.2 Å². The molecule has 4 nitrogen and oxygen atoms in total. The number of aromatic nitrogens is 1. The van der Waals surface area contributed by atoms with Gasteiger partial charge in [-0.25, -0.2) is 4.98 Å². The largest absolute Gasteiger partial charge is 0.371 e. The lowest BCUT2D eigenvalue weighted by Crippen LogP contribution is -2.45. The van der Waals surface area contributed by atoms with E-state index in [-0.39, 0.29) is 5.79 Å². The van der Waals surface area contributed by atoms with Crippen molar-refractivity contribution in [2.45, 2.75) is 18.6 Å². The summed E-state index contributed by atoms with van der Waals surface area (Å²) in [5, 5.41) is 0. The van der Waals surface area contributed by atoms with Crippen LogP contribution < -0.4 is 4.90 Å². The average molecular weight is 238 g/mol. The topological polar surface area (TPSA) is 34.6 Å². The standard InChI is InChI=1S/C12H15FN2O2/c13-11-9-10(1-4-14-11)15-5-2-12(3-6-15)16-7-8-17-12/h1,4,9H,2-3,5-8H2. The molecule has 1 spiro atoms. The maximum atomic E-state index is 13.0. The summed E-state index contributed by atoms with van der Waals surface area (Å²) in [6, 6.07) is 3.30. The highest BCUT2D eigenvalue weighted by atomic mass is 19.1. The van der Waals surface area contributed by atoms with E-state index in [0.717, 1.165) is 31.6 Å². The molecular weight excluding hydrogens is 223 g/mol. The quantitative estimate of drug-likeness (QED) is 0.695. The normalized spacial score (nSPS) is 23.2. The van der Waals surface area contributed by atoms with Crippen LogP contribution in [0, 0.1) is 5.95 Å². The molecule has 0 atom stereocenters. The minimum atomic E-state index is -0.434. The van der Waals surface area contributed by atoms with E-state index in [4.69, 9.17) is 9.47 Å². The summed E-state index contributed by atoms with van der Waals surface area (Å²) in [6.07, 6.45) is 3.16. The molecule has 2 saturated heterocycles. The van der Waals surface area contributed by atoms with Crippen LogP contribution in [0.5, 0.6) is 0 Å². The van der Waals surface area contributed by atoms with Gasteiger partial charge in [0.2, 0.25) is 5.95 Å². The first-order valence-electron chi connectivity index (χ1n) is 5.92. The molecular formula is C12H15FN2O2. The van der Waals surface area contributed by atoms with Crippen molar-refractivity contribution >= 4 is 5.69 Å². The molecule has 0 saturated carbocycles. The zero-order valence-corrected chi connectivity index (χ0v) is 9.56. The summed E-state index contributed by atoms with van der Waals surface area (Å²) < 4.78 is 24.3. The lowest BCUT2D eigenvalue weighted by Gasteiger charge is -2.38. The molecule has 1 aromatic heterocycles. The third-order valence-corrected chi connectivity index (χ3v) is 3.41. The summed E-state index contributed by atoms with van der Waals surface area (Å²) in [4.78, 5) is 5.70. The van der Waals surface area contributed by atoms with Crippen LogP contribution in [0.15, 0.2) is 18.3 Å². The van der Waals surface area contributed by atoms with Crippen molar-refractivity contribution < 1.29 is 13.9 Å². The second-order valence-corrected chi connectivity index (χ2v) is 4.43. The van der Waals surface area contributed by atoms with Gasteiger partial charge in [-0.3, -0.25) is 0 Å². The Kier molecular flexibility index (Phi) is 2.72. The van der Waals surface area contributed by atoms with E-state index < -0.39 is 5.95 Å². The highest BCUT2D eigenvalue weighted by Crippen LogP contribution is 2.32. The summed E-state index contributed by atoms with van der Waals surface area (Å²) in [5.41, 5.74) is 0.880. The summed E-state index contributed by atoms with van der Waals surface area (Å²) in [6.45, 7) is 3.01. The van der Waals surface area contributed by atoms with Gasteiger partial charge in [-0.2, -0.15) is 4.39 Å². The number of hydrogen-bond acceptors (Lipinski definition) is 4. The molecule has 1 aromatic rings. The first-order chi connectivity index (χ1) is 8.27. The van der Waals surface area contributed by atoms with Crippen LogP contribution in [-0.2, 0) is 9.47 Å². The Balaban J connectivity index is 1.68. The van der Waals surface area contributed by atoms with E-state index >= 15 is 0 Å². The molecule has 0 radical (unpaired) electrons. The maximum absolute atomic E-state index is 13.0. The lowest BCUT2D eigenvalue weighted by molar-refractivity contribution is -0.169. The monoisotopic (exact) mass is 238 g/mol. The molecule has 17 heavy (non-hydrogen) atoms. The predicted octanol–water partition coefficient (Wildman–Crippen LogP) is 1.56. The Morgan fingerprint density at radius 2 is 1.94 bits per heavy atom. The highest BCUT2D eigenvalue weighted by Gasteiger charge is 2.39. The van der Waals surface area contributed by atoms with E-state index in [1.165, 1.54) is 12.3 Å². The Hall–Kier alpha value is -1.20. The molecule has 0 bridgehead atoms. The second kappa shape index (κ2) is 4.23. The van der Waals surface area contributed by atoms with Gasteiger partial charge in [-0.15, -0.1) is 0 Å². The number of pyridine rings is 1. The van der Waals surface area contributed by atoms with E-state index in [1.807, 2.05) is 6.07 Å². The summed E-state index contributed by atoms with van der Waals surface area (Å²) in [7, 11) is 0. The molecule has 92 valence electrons. The molecule has 0 aliphatic carbocycles. The Bertz CT molecular complexity index is 397. The average Bonchev–Trinajstić information content (AvgIpc) is 2.79. The molecule has 0 N–H and O–H groups in total. The van der Waals surface area contributed by atoms with E-state index in [2.05, 4.69) is 9.88 Å². The second-order valence-electron chi connectivity index (χ2n) is 4.43. The predicted molar refractivity (Wildman–Crippen MR) is 60.3 cm³/mol. The van der Waals surface area contributed by atoms with E-state index in [1.54, 1.807) is 0 Å². The summed E-state index contributed by atoms with van der Waals surface area (Å²) >= 11 is 0. The van der Waals surface area contributed by atoms with Gasteiger partial charge in [0.05, 0.1) is 13.2 Å². The highest BCUT2D eigenvalue weighted by molar-refractivity contribution is 5.45. The van der Waals surface area contributed by atoms with Gasteiger partial charge in [0, 0.05) is 43.9 Å². The number of nitrogens with zero attached hydrogens (tertiary/aromatic N) is 2. The van der Waals surface area contributed by atoms with Crippen molar-refractivity contribution in [3.63, 3.8) is 0 Å². The number of anilines is 1. The van der Waals surface area contributed by atoms with Crippen LogP contribution in [0.2, 0.25) is 0 Å². The maximum Gasteiger partial charge on any atom is 0.214 e. The van der Waals surface area contributed by atoms with Crippen molar-refractivity contribution in [1.29, 1.82) is 0 Å². The number of piperidine rings is 1. The zero-order valence-electron chi connectivity index (χ0n) is 9.56. The Morgan fingerprint density at radius 1 is 1.24 bits per heavy atom. The molecule has 5 heteroatoms. The number of halogens is 1. The van der Waals surface area contributed by atoms with Gasteiger partial charge in [0.15, 0.2) is 5.79 Å². The van der Waals surface area contributed by atoms with Gasteiger partial charge in [0.25, 0.3) is 0 Å². The van der Waals surface area contributed by atoms with Crippen LogP contribution >= 0.6 is 0 Å². The third-order valence-electron chi connectivity index (χ3n) is 3.41. The first kappa shape index (κ1) is 10.9. The Morgan fingerprint density at radius 3 is 2.59 bits per heavy atom. The zero-order chi connectivity index (χ0) is 11.7. The Labute approximate surface area is 99.3 Å². The van der Waals surface area contributed by atoms with Crippen LogP contribution in [0.1, 0.15) is 12.8 Å². The number of rotatable bonds is 1. The fourth-order valence-electron chi connectivity index (χ4n) is 2.48. The fourth-order valence-corrected chi connectivity index (χ4v) is 2.48. The van der Waals surface area contributed by atoms with E-state index in [9.17, 15) is 4.39 Å². The molecule has 0 aromatic carbocycles. The minimum Gasteiger partial charge on any atom is -0.371 e. The van der Waals surface area contributed by atoms with Crippen LogP contribution in [0.3, 0.4) is 0 Å². The fraction of sp³-hybridized carbons (Fsp3) is 0.583. The van der Waals surface area contributed by atoms with Crippen LogP contribution in [0.4, 0.5) is 10.1 Å². The van der Waals surface area contributed by atoms with Gasteiger partial charge in [-0.1, -0.05) is 0 Å². The molecule has 0 unspecified atom stereocenters. The van der Waals surface area contributed by atoms with Crippen molar-refractivity contribution in [3.05, 3.63) is 24.3 Å². The smallest absolute Gasteiger partial charge is 0.214 e. The SMILES string of the molecule is Fc1cc(N2CCC3(CC2)OCCO3)ccn1. The van der Waals surface area contributed by atoms with Gasteiger partial charge in [0.1, 0.15) is 0 Å². The third kappa shape index (κ3) is 2.12. The molecule has 2 aliphatic rings. The number of ether oxygens (including phenoxy) is 2. The van der Waals surface area contributed by atoms with Crippen LogP contribution in [0.25, 0.3) is 0 Å². The van der Waals surface area contributed by atoms with Gasteiger partial charge in [-0.05, 0) is 6.07 Å². The van der Waals surface area contributed by atoms with Crippen molar-refractivity contribution in [1.82, 2.24) is 4.98 Å². The molecule has 3 heterocycles. The summed E-state index contributed by atoms with van der Waals surface area (Å²) in [5.74, 6) is -0.807. The molecule has 0 amide bonds. The first-order valence-corrected chi connectivity index (χ1v) is 5.92. The van der Waals surface area contributed by atoms with Crippen molar-refractivity contribution in [3.8, 4) is 0 Å². The molecule has 3 rings (SSSR count). The van der Waals surface area contributed by atoms with Gasteiger partial charge >= 0.3 is 0 Å². The van der Waals surface area contributed by atoms with Gasteiger partial charge < -0.3 is 14.4 Å². The van der Waals surface area contributed by atoms with Crippen LogP contribution in [-0.4, -0.2) is 37.1 Å². The molecule has 2 aliphatic heterocycles. The lowest BCUT2D eigenvalue weighted by atomic mass is 10.0. The molecule has 2 fully saturated rings. The van der Waals surface area contributed by atoms with Crippen molar-refractivity contribution in [2.24, 2.45) is 0 Å². The minimum absolute atomic E-state index is 0.373. The number of hydrogen-bond donors (Lipinski definition) is 0. The van der Waals surface area contributed by atoms with Crippen molar-refractivity contribution in [2.75, 3.05) is 31.2 Å².